The van der Waals surface area contributed by atoms with Crippen LogP contribution in [0.25, 0.3) is 10.9 Å². The van der Waals surface area contributed by atoms with Crippen molar-refractivity contribution in [2.45, 2.75) is 45.1 Å². The summed E-state index contributed by atoms with van der Waals surface area (Å²) in [6.07, 6.45) is 5.84. The topological polar surface area (TPSA) is 76.8 Å². The van der Waals surface area contributed by atoms with Crippen LogP contribution in [-0.4, -0.2) is 58.1 Å². The Hall–Kier alpha value is -3.03. The molecule has 1 saturated heterocycles. The van der Waals surface area contributed by atoms with Crippen molar-refractivity contribution < 1.29 is 9.53 Å². The van der Waals surface area contributed by atoms with Gasteiger partial charge in [-0.3, -0.25) is 18.7 Å². The number of rotatable bonds is 6. The van der Waals surface area contributed by atoms with E-state index in [-0.39, 0.29) is 29.0 Å². The van der Waals surface area contributed by atoms with Crippen LogP contribution in [0.5, 0.6) is 5.75 Å². The first-order valence-corrected chi connectivity index (χ1v) is 12.9. The maximum absolute atomic E-state index is 13.2. The number of methoxy groups -OCH3 is 1. The Bertz CT molecular complexity index is 1240. The number of fused-ring (bicyclic) bond motifs is 1. The zero-order valence-corrected chi connectivity index (χ0v) is 20.9. The van der Waals surface area contributed by atoms with Crippen molar-refractivity contribution in [1.29, 1.82) is 0 Å². The highest BCUT2D eigenvalue weighted by atomic mass is 16.5. The molecule has 3 aliphatic rings. The van der Waals surface area contributed by atoms with E-state index in [1.807, 2.05) is 4.90 Å². The van der Waals surface area contributed by atoms with Gasteiger partial charge in [-0.2, -0.15) is 0 Å². The fourth-order valence-electron chi connectivity index (χ4n) is 5.78. The van der Waals surface area contributed by atoms with Crippen molar-refractivity contribution in [3.05, 3.63) is 51.3 Å². The molecule has 1 aromatic heterocycles. The summed E-state index contributed by atoms with van der Waals surface area (Å²) in [5.41, 5.74) is 1.29. The Morgan fingerprint density at radius 3 is 2.23 bits per heavy atom. The van der Waals surface area contributed by atoms with E-state index in [0.717, 1.165) is 51.9 Å². The van der Waals surface area contributed by atoms with Crippen LogP contribution >= 0.6 is 0 Å². The van der Waals surface area contributed by atoms with Gasteiger partial charge in [-0.1, -0.05) is 6.58 Å². The van der Waals surface area contributed by atoms with Gasteiger partial charge in [-0.15, -0.1) is 0 Å². The third kappa shape index (κ3) is 4.62. The standard InChI is InChI=1S/C27H36N4O4/c1-18(20-8-9-20)29-12-14-30(15-13-29)25(32)21-6-4-19(5-7-21)17-31-26(33)23-16-22(35-3)10-11-24(23)28(2)27(31)34/h10-11,16,19-21H,1,4-9,12-15,17H2,2-3H3. The molecule has 0 N–H and O–H groups in total. The fraction of sp³-hybridized carbons (Fsp3) is 0.593. The summed E-state index contributed by atoms with van der Waals surface area (Å²) in [4.78, 5) is 43.7. The normalized spacial score (nSPS) is 22.9. The zero-order valence-electron chi connectivity index (χ0n) is 20.9. The van der Waals surface area contributed by atoms with E-state index in [9.17, 15) is 14.4 Å². The van der Waals surface area contributed by atoms with Gasteiger partial charge >= 0.3 is 5.69 Å². The highest BCUT2D eigenvalue weighted by Crippen LogP contribution is 2.37. The Morgan fingerprint density at radius 1 is 0.971 bits per heavy atom. The van der Waals surface area contributed by atoms with Crippen molar-refractivity contribution >= 4 is 16.8 Å². The maximum Gasteiger partial charge on any atom is 0.331 e. The Balaban J connectivity index is 1.20. The lowest BCUT2D eigenvalue weighted by Crippen LogP contribution is -2.50. The minimum atomic E-state index is -0.295. The predicted octanol–water partition coefficient (Wildman–Crippen LogP) is 2.58. The number of aromatic nitrogens is 2. The minimum Gasteiger partial charge on any atom is -0.497 e. The second kappa shape index (κ2) is 9.55. The molecule has 2 aromatic rings. The van der Waals surface area contributed by atoms with Gasteiger partial charge in [-0.05, 0) is 68.6 Å². The SMILES string of the molecule is C=C(C1CC1)N1CCN(C(=O)C2CCC(Cn3c(=O)c4cc(OC)ccc4n(C)c3=O)CC2)CC1. The van der Waals surface area contributed by atoms with Gasteiger partial charge in [0.2, 0.25) is 5.91 Å². The third-order valence-electron chi connectivity index (χ3n) is 8.24. The predicted molar refractivity (Wildman–Crippen MR) is 135 cm³/mol. The van der Waals surface area contributed by atoms with Crippen molar-refractivity contribution in [3.8, 4) is 5.75 Å². The Labute approximate surface area is 205 Å². The van der Waals surface area contributed by atoms with Gasteiger partial charge in [-0.25, -0.2) is 4.79 Å². The number of aryl methyl sites for hydroxylation is 1. The summed E-state index contributed by atoms with van der Waals surface area (Å²) in [6, 6.07) is 5.20. The quantitative estimate of drug-likeness (QED) is 0.635. The highest BCUT2D eigenvalue weighted by molar-refractivity contribution is 5.80. The number of nitrogens with zero attached hydrogens (tertiary/aromatic N) is 4. The van der Waals surface area contributed by atoms with Gasteiger partial charge in [0.25, 0.3) is 5.56 Å². The van der Waals surface area contributed by atoms with Gasteiger partial charge in [0.05, 0.1) is 18.0 Å². The van der Waals surface area contributed by atoms with Crippen LogP contribution in [0.15, 0.2) is 40.1 Å². The molecule has 2 heterocycles. The van der Waals surface area contributed by atoms with Crippen molar-refractivity contribution in [2.75, 3.05) is 33.3 Å². The van der Waals surface area contributed by atoms with E-state index in [1.165, 1.54) is 27.7 Å². The maximum atomic E-state index is 13.2. The molecule has 0 atom stereocenters. The summed E-state index contributed by atoms with van der Waals surface area (Å²) < 4.78 is 8.17. The third-order valence-corrected chi connectivity index (χ3v) is 8.24. The lowest BCUT2D eigenvalue weighted by Gasteiger charge is -2.39. The molecule has 1 aromatic carbocycles. The van der Waals surface area contributed by atoms with Crippen LogP contribution in [0.2, 0.25) is 0 Å². The summed E-state index contributed by atoms with van der Waals surface area (Å²) in [5.74, 6) is 1.79. The number of allylic oxidation sites excluding steroid dienone is 1. The zero-order chi connectivity index (χ0) is 24.7. The molecule has 3 fully saturated rings. The van der Waals surface area contributed by atoms with Gasteiger partial charge in [0.1, 0.15) is 5.75 Å². The minimum absolute atomic E-state index is 0.0462. The second-order valence-corrected chi connectivity index (χ2v) is 10.4. The van der Waals surface area contributed by atoms with Gasteiger partial charge in [0, 0.05) is 51.4 Å². The molecule has 0 radical (unpaired) electrons. The molecular weight excluding hydrogens is 444 g/mol. The summed E-state index contributed by atoms with van der Waals surface area (Å²) in [7, 11) is 3.26. The van der Waals surface area contributed by atoms with Crippen molar-refractivity contribution in [2.24, 2.45) is 24.8 Å². The lowest BCUT2D eigenvalue weighted by atomic mass is 9.81. The Morgan fingerprint density at radius 2 is 1.60 bits per heavy atom. The number of amides is 1. The summed E-state index contributed by atoms with van der Waals surface area (Å²) in [5, 5.41) is 0.485. The number of ether oxygens (including phenoxy) is 1. The van der Waals surface area contributed by atoms with Gasteiger partial charge in [0.15, 0.2) is 0 Å². The Kier molecular flexibility index (Phi) is 6.47. The van der Waals surface area contributed by atoms with E-state index in [4.69, 9.17) is 4.74 Å². The molecule has 0 bridgehead atoms. The van der Waals surface area contributed by atoms with Crippen LogP contribution in [0.3, 0.4) is 0 Å². The molecule has 35 heavy (non-hydrogen) atoms. The number of carbonyl (C=O) groups excluding carboxylic acids is 1. The molecular formula is C27H36N4O4. The molecule has 2 saturated carbocycles. The number of hydrogen-bond acceptors (Lipinski definition) is 5. The number of hydrogen-bond donors (Lipinski definition) is 0. The molecule has 5 rings (SSSR count). The molecule has 2 aliphatic carbocycles. The number of carbonyl (C=O) groups is 1. The monoisotopic (exact) mass is 480 g/mol. The summed E-state index contributed by atoms with van der Waals surface area (Å²) in [6.45, 7) is 7.96. The average molecular weight is 481 g/mol. The van der Waals surface area contributed by atoms with E-state index < -0.39 is 0 Å². The van der Waals surface area contributed by atoms with E-state index >= 15 is 0 Å². The first kappa shape index (κ1) is 23.7. The molecule has 8 heteroatoms. The highest BCUT2D eigenvalue weighted by Gasteiger charge is 2.34. The van der Waals surface area contributed by atoms with E-state index in [2.05, 4.69) is 11.5 Å². The van der Waals surface area contributed by atoms with E-state index in [0.29, 0.717) is 29.1 Å². The number of piperazine rings is 1. The van der Waals surface area contributed by atoms with Crippen LogP contribution in [0.4, 0.5) is 0 Å². The van der Waals surface area contributed by atoms with E-state index in [1.54, 1.807) is 32.4 Å². The van der Waals surface area contributed by atoms with Gasteiger partial charge < -0.3 is 14.5 Å². The fourth-order valence-corrected chi connectivity index (χ4v) is 5.78. The van der Waals surface area contributed by atoms with Crippen molar-refractivity contribution in [1.82, 2.24) is 18.9 Å². The summed E-state index contributed by atoms with van der Waals surface area (Å²) >= 11 is 0. The lowest BCUT2D eigenvalue weighted by molar-refractivity contribution is -0.138. The van der Waals surface area contributed by atoms with Crippen LogP contribution < -0.4 is 16.0 Å². The molecule has 8 nitrogen and oxygen atoms in total. The smallest absolute Gasteiger partial charge is 0.331 e. The molecule has 0 spiro atoms. The molecule has 1 amide bonds. The van der Waals surface area contributed by atoms with Crippen LogP contribution in [0, 0.1) is 17.8 Å². The first-order valence-electron chi connectivity index (χ1n) is 12.9. The van der Waals surface area contributed by atoms with Crippen LogP contribution in [0.1, 0.15) is 38.5 Å². The molecule has 0 unspecified atom stereocenters. The second-order valence-electron chi connectivity index (χ2n) is 10.4. The molecule has 188 valence electrons. The molecule has 1 aliphatic heterocycles. The largest absolute Gasteiger partial charge is 0.497 e. The average Bonchev–Trinajstić information content (AvgIpc) is 3.75. The first-order chi connectivity index (χ1) is 16.9. The van der Waals surface area contributed by atoms with Crippen molar-refractivity contribution in [3.63, 3.8) is 0 Å². The number of benzene rings is 1. The van der Waals surface area contributed by atoms with Crippen LogP contribution in [-0.2, 0) is 18.4 Å².